The molecule has 0 aliphatic carbocycles. The second-order valence-electron chi connectivity index (χ2n) is 4.91. The van der Waals surface area contributed by atoms with Gasteiger partial charge in [0.25, 0.3) is 0 Å². The van der Waals surface area contributed by atoms with Crippen molar-refractivity contribution in [1.82, 2.24) is 0 Å². The first-order chi connectivity index (χ1) is 9.24. The summed E-state index contributed by atoms with van der Waals surface area (Å²) >= 11 is 3.59. The van der Waals surface area contributed by atoms with Crippen molar-refractivity contribution in [2.75, 3.05) is 18.5 Å². The van der Waals surface area contributed by atoms with Gasteiger partial charge < -0.3 is 10.1 Å². The van der Waals surface area contributed by atoms with E-state index in [0.29, 0.717) is 5.92 Å². The summed E-state index contributed by atoms with van der Waals surface area (Å²) in [5, 5.41) is 3.50. The molecule has 1 aliphatic heterocycles. The van der Waals surface area contributed by atoms with E-state index >= 15 is 0 Å². The standard InChI is InChI=1S/C16H16BrNO/c1-11-6-7-15(14(17)8-11)18-9-12-10-19-16-5-3-2-4-13(12)16/h2-8,12,18H,9-10H2,1H3. The molecule has 0 fully saturated rings. The van der Waals surface area contributed by atoms with Crippen LogP contribution in [0.3, 0.4) is 0 Å². The van der Waals surface area contributed by atoms with E-state index < -0.39 is 0 Å². The van der Waals surface area contributed by atoms with Crippen LogP contribution in [0.25, 0.3) is 0 Å². The summed E-state index contributed by atoms with van der Waals surface area (Å²) in [6, 6.07) is 14.6. The first-order valence-corrected chi connectivity index (χ1v) is 7.25. The molecule has 2 aromatic rings. The average Bonchev–Trinajstić information content (AvgIpc) is 2.81. The second-order valence-corrected chi connectivity index (χ2v) is 5.76. The third-order valence-corrected chi connectivity index (χ3v) is 4.12. The Kier molecular flexibility index (Phi) is 3.47. The Morgan fingerprint density at radius 1 is 1.26 bits per heavy atom. The first kappa shape index (κ1) is 12.5. The zero-order valence-electron chi connectivity index (χ0n) is 10.8. The van der Waals surface area contributed by atoms with Gasteiger partial charge in [0, 0.05) is 28.2 Å². The number of anilines is 1. The molecule has 0 bridgehead atoms. The molecule has 0 radical (unpaired) electrons. The maximum absolute atomic E-state index is 5.70. The number of hydrogen-bond donors (Lipinski definition) is 1. The monoisotopic (exact) mass is 317 g/mol. The summed E-state index contributed by atoms with van der Waals surface area (Å²) < 4.78 is 6.81. The van der Waals surface area contributed by atoms with Crippen molar-refractivity contribution >= 4 is 21.6 Å². The molecule has 3 rings (SSSR count). The predicted octanol–water partition coefficient (Wildman–Crippen LogP) is 4.35. The third kappa shape index (κ3) is 2.61. The lowest BCUT2D eigenvalue weighted by Crippen LogP contribution is -2.14. The Hall–Kier alpha value is -1.48. The lowest BCUT2D eigenvalue weighted by Gasteiger charge is -2.13. The minimum absolute atomic E-state index is 0.421. The van der Waals surface area contributed by atoms with E-state index in [1.54, 1.807) is 0 Å². The third-order valence-electron chi connectivity index (χ3n) is 3.46. The molecule has 3 heteroatoms. The first-order valence-electron chi connectivity index (χ1n) is 6.46. The van der Waals surface area contributed by atoms with Crippen molar-refractivity contribution in [3.05, 3.63) is 58.1 Å². The number of benzene rings is 2. The fourth-order valence-electron chi connectivity index (χ4n) is 2.39. The fourth-order valence-corrected chi connectivity index (χ4v) is 3.03. The molecule has 98 valence electrons. The van der Waals surface area contributed by atoms with Crippen LogP contribution in [0.4, 0.5) is 5.69 Å². The molecule has 0 saturated carbocycles. The van der Waals surface area contributed by atoms with Crippen molar-refractivity contribution in [3.63, 3.8) is 0 Å². The summed E-state index contributed by atoms with van der Waals surface area (Å²) in [5.74, 6) is 1.45. The Balaban J connectivity index is 1.71. The molecule has 0 amide bonds. The summed E-state index contributed by atoms with van der Waals surface area (Å²) in [7, 11) is 0. The van der Waals surface area contributed by atoms with E-state index in [1.807, 2.05) is 12.1 Å². The molecule has 0 saturated heterocycles. The highest BCUT2D eigenvalue weighted by atomic mass is 79.9. The molecule has 1 unspecified atom stereocenters. The van der Waals surface area contributed by atoms with Crippen LogP contribution in [0, 0.1) is 6.92 Å². The largest absolute Gasteiger partial charge is 0.493 e. The van der Waals surface area contributed by atoms with Gasteiger partial charge in [-0.3, -0.25) is 0 Å². The topological polar surface area (TPSA) is 21.3 Å². The number of hydrogen-bond acceptors (Lipinski definition) is 2. The molecule has 1 aliphatic rings. The molecule has 0 aromatic heterocycles. The van der Waals surface area contributed by atoms with E-state index in [-0.39, 0.29) is 0 Å². The summed E-state index contributed by atoms with van der Waals surface area (Å²) in [4.78, 5) is 0. The Bertz CT molecular complexity index is 597. The van der Waals surface area contributed by atoms with Crippen LogP contribution in [0.5, 0.6) is 5.75 Å². The van der Waals surface area contributed by atoms with Crippen molar-refractivity contribution in [1.29, 1.82) is 0 Å². The van der Waals surface area contributed by atoms with Gasteiger partial charge in [-0.25, -0.2) is 0 Å². The van der Waals surface area contributed by atoms with E-state index in [4.69, 9.17) is 4.74 Å². The van der Waals surface area contributed by atoms with Crippen molar-refractivity contribution in [3.8, 4) is 5.75 Å². The number of nitrogens with one attached hydrogen (secondary N) is 1. The van der Waals surface area contributed by atoms with Crippen LogP contribution in [0.2, 0.25) is 0 Å². The van der Waals surface area contributed by atoms with E-state index in [1.165, 1.54) is 11.1 Å². The van der Waals surface area contributed by atoms with Gasteiger partial charge in [0.1, 0.15) is 5.75 Å². The second kappa shape index (κ2) is 5.25. The quantitative estimate of drug-likeness (QED) is 0.909. The summed E-state index contributed by atoms with van der Waals surface area (Å²) in [6.45, 7) is 3.74. The van der Waals surface area contributed by atoms with Gasteiger partial charge >= 0.3 is 0 Å². The Morgan fingerprint density at radius 2 is 2.11 bits per heavy atom. The molecule has 0 spiro atoms. The zero-order valence-corrected chi connectivity index (χ0v) is 12.4. The maximum Gasteiger partial charge on any atom is 0.122 e. The number of rotatable bonds is 3. The fraction of sp³-hybridized carbons (Fsp3) is 0.250. The molecule has 2 aromatic carbocycles. The molecule has 1 N–H and O–H groups in total. The number of fused-ring (bicyclic) bond motifs is 1. The molecule has 1 heterocycles. The average molecular weight is 318 g/mol. The molecule has 1 atom stereocenters. The van der Waals surface area contributed by atoms with Crippen molar-refractivity contribution in [2.24, 2.45) is 0 Å². The van der Waals surface area contributed by atoms with Crippen molar-refractivity contribution < 1.29 is 4.74 Å². The van der Waals surface area contributed by atoms with Crippen LogP contribution >= 0.6 is 15.9 Å². The van der Waals surface area contributed by atoms with E-state index in [2.05, 4.69) is 58.5 Å². The molecular formula is C16H16BrNO. The molecule has 2 nitrogen and oxygen atoms in total. The smallest absolute Gasteiger partial charge is 0.122 e. The van der Waals surface area contributed by atoms with Gasteiger partial charge in [-0.15, -0.1) is 0 Å². The Morgan fingerprint density at radius 3 is 2.95 bits per heavy atom. The SMILES string of the molecule is Cc1ccc(NCC2COc3ccccc32)c(Br)c1. The Labute approximate surface area is 121 Å². The maximum atomic E-state index is 5.70. The minimum Gasteiger partial charge on any atom is -0.493 e. The van der Waals surface area contributed by atoms with Gasteiger partial charge in [-0.05, 0) is 46.6 Å². The molecular weight excluding hydrogens is 302 g/mol. The van der Waals surface area contributed by atoms with Gasteiger partial charge in [0.2, 0.25) is 0 Å². The summed E-state index contributed by atoms with van der Waals surface area (Å²) in [5.41, 5.74) is 3.69. The lowest BCUT2D eigenvalue weighted by molar-refractivity contribution is 0.334. The highest BCUT2D eigenvalue weighted by molar-refractivity contribution is 9.10. The van der Waals surface area contributed by atoms with Gasteiger partial charge in [-0.1, -0.05) is 24.3 Å². The number of ether oxygens (including phenoxy) is 1. The highest BCUT2D eigenvalue weighted by Crippen LogP contribution is 2.34. The lowest BCUT2D eigenvalue weighted by atomic mass is 10.0. The molecule has 19 heavy (non-hydrogen) atoms. The number of para-hydroxylation sites is 1. The van der Waals surface area contributed by atoms with Crippen LogP contribution in [0.1, 0.15) is 17.0 Å². The van der Waals surface area contributed by atoms with Crippen molar-refractivity contribution in [2.45, 2.75) is 12.8 Å². The van der Waals surface area contributed by atoms with Crippen LogP contribution in [-0.4, -0.2) is 13.2 Å². The normalized spacial score (nSPS) is 16.8. The van der Waals surface area contributed by atoms with Crippen LogP contribution < -0.4 is 10.1 Å². The predicted molar refractivity (Wildman–Crippen MR) is 82.0 cm³/mol. The van der Waals surface area contributed by atoms with E-state index in [9.17, 15) is 0 Å². The zero-order chi connectivity index (χ0) is 13.2. The minimum atomic E-state index is 0.421. The van der Waals surface area contributed by atoms with E-state index in [0.717, 1.165) is 29.1 Å². The van der Waals surface area contributed by atoms with Gasteiger partial charge in [-0.2, -0.15) is 0 Å². The summed E-state index contributed by atoms with van der Waals surface area (Å²) in [6.07, 6.45) is 0. The highest BCUT2D eigenvalue weighted by Gasteiger charge is 2.23. The van der Waals surface area contributed by atoms with Gasteiger partial charge in [0.15, 0.2) is 0 Å². The van der Waals surface area contributed by atoms with Crippen LogP contribution in [0.15, 0.2) is 46.9 Å². The van der Waals surface area contributed by atoms with Crippen LogP contribution in [-0.2, 0) is 0 Å². The number of aryl methyl sites for hydroxylation is 1. The number of halogens is 1. The van der Waals surface area contributed by atoms with Gasteiger partial charge in [0.05, 0.1) is 6.61 Å².